The molecule has 0 unspecified atom stereocenters. The van der Waals surface area contributed by atoms with E-state index in [2.05, 4.69) is 9.97 Å². The Bertz CT molecular complexity index is 1030. The van der Waals surface area contributed by atoms with Crippen LogP contribution >= 0.6 is 11.6 Å². The topological polar surface area (TPSA) is 97.0 Å². The molecule has 1 aromatic carbocycles. The molecule has 0 fully saturated rings. The Kier molecular flexibility index (Phi) is 5.09. The normalized spacial score (nSPS) is 10.7. The standard InChI is InChI=1S/C18H18ClN5O2/c1-23(11-13-8-5-9-21-15(13)19)14-16(20)24(18(26)22-17(14)25)10-12-6-3-2-4-7-12/h2-9H,10-11,20H2,1H3,(H,22,25,26). The SMILES string of the molecule is CN(Cc1cccnc1Cl)c1c(N)n(Cc2ccccc2)c(=O)[nH]c1=O. The van der Waals surface area contributed by atoms with Gasteiger partial charge in [0.25, 0.3) is 5.56 Å². The van der Waals surface area contributed by atoms with E-state index >= 15 is 0 Å². The molecule has 2 aromatic heterocycles. The van der Waals surface area contributed by atoms with Gasteiger partial charge in [-0.05, 0) is 11.6 Å². The molecule has 0 aliphatic heterocycles. The summed E-state index contributed by atoms with van der Waals surface area (Å²) in [5, 5.41) is 0.354. The predicted molar refractivity (Wildman–Crippen MR) is 103 cm³/mol. The number of aromatic amines is 1. The minimum absolute atomic E-state index is 0.102. The number of aromatic nitrogens is 3. The lowest BCUT2D eigenvalue weighted by atomic mass is 10.2. The summed E-state index contributed by atoms with van der Waals surface area (Å²) in [6.45, 7) is 0.584. The molecule has 3 aromatic rings. The Morgan fingerprint density at radius 1 is 1.19 bits per heavy atom. The van der Waals surface area contributed by atoms with E-state index in [1.54, 1.807) is 24.2 Å². The third-order valence-corrected chi connectivity index (χ3v) is 4.36. The molecule has 8 heteroatoms. The summed E-state index contributed by atoms with van der Waals surface area (Å²) >= 11 is 6.09. The maximum Gasteiger partial charge on any atom is 0.330 e. The van der Waals surface area contributed by atoms with Crippen LogP contribution in [0.3, 0.4) is 0 Å². The Balaban J connectivity index is 1.99. The first kappa shape index (κ1) is 17.8. The molecule has 0 saturated carbocycles. The minimum atomic E-state index is -0.548. The zero-order valence-electron chi connectivity index (χ0n) is 14.1. The van der Waals surface area contributed by atoms with Gasteiger partial charge in [-0.2, -0.15) is 0 Å². The number of pyridine rings is 1. The van der Waals surface area contributed by atoms with Gasteiger partial charge in [-0.3, -0.25) is 14.3 Å². The summed E-state index contributed by atoms with van der Waals surface area (Å²) < 4.78 is 1.34. The van der Waals surface area contributed by atoms with Crippen molar-refractivity contribution in [3.8, 4) is 0 Å². The molecule has 0 atom stereocenters. The van der Waals surface area contributed by atoms with Crippen LogP contribution in [0.1, 0.15) is 11.1 Å². The molecule has 0 spiro atoms. The van der Waals surface area contributed by atoms with E-state index in [0.717, 1.165) is 11.1 Å². The third-order valence-electron chi connectivity index (χ3n) is 4.02. The smallest absolute Gasteiger partial charge is 0.330 e. The Labute approximate surface area is 154 Å². The summed E-state index contributed by atoms with van der Waals surface area (Å²) in [7, 11) is 1.71. The summed E-state index contributed by atoms with van der Waals surface area (Å²) in [5.74, 6) is 0.102. The van der Waals surface area contributed by atoms with Crippen molar-refractivity contribution in [1.82, 2.24) is 14.5 Å². The van der Waals surface area contributed by atoms with E-state index < -0.39 is 11.2 Å². The fourth-order valence-corrected chi connectivity index (χ4v) is 2.92. The van der Waals surface area contributed by atoms with Crippen molar-refractivity contribution >= 4 is 23.1 Å². The van der Waals surface area contributed by atoms with Gasteiger partial charge in [-0.25, -0.2) is 9.78 Å². The van der Waals surface area contributed by atoms with Crippen LogP contribution < -0.4 is 21.9 Å². The Morgan fingerprint density at radius 2 is 1.92 bits per heavy atom. The van der Waals surface area contributed by atoms with Gasteiger partial charge < -0.3 is 10.6 Å². The predicted octanol–water partition coefficient (Wildman–Crippen LogP) is 1.85. The molecule has 7 nitrogen and oxygen atoms in total. The highest BCUT2D eigenvalue weighted by Crippen LogP contribution is 2.20. The first-order valence-electron chi connectivity index (χ1n) is 7.94. The highest BCUT2D eigenvalue weighted by Gasteiger charge is 2.17. The largest absolute Gasteiger partial charge is 0.383 e. The summed E-state index contributed by atoms with van der Waals surface area (Å²) in [6, 6.07) is 13.0. The molecular weight excluding hydrogens is 354 g/mol. The second kappa shape index (κ2) is 7.45. The van der Waals surface area contributed by atoms with Crippen LogP contribution in [0.5, 0.6) is 0 Å². The summed E-state index contributed by atoms with van der Waals surface area (Å²) in [6.07, 6.45) is 1.59. The van der Waals surface area contributed by atoms with Crippen LogP contribution in [-0.4, -0.2) is 21.6 Å². The molecule has 2 heterocycles. The molecule has 134 valence electrons. The minimum Gasteiger partial charge on any atom is -0.383 e. The molecule has 0 amide bonds. The van der Waals surface area contributed by atoms with Gasteiger partial charge in [0, 0.05) is 25.4 Å². The van der Waals surface area contributed by atoms with E-state index in [-0.39, 0.29) is 18.1 Å². The second-order valence-electron chi connectivity index (χ2n) is 5.87. The van der Waals surface area contributed by atoms with E-state index in [1.807, 2.05) is 36.4 Å². The fraction of sp³-hybridized carbons (Fsp3) is 0.167. The molecule has 0 aliphatic carbocycles. The average molecular weight is 372 g/mol. The molecule has 0 bridgehead atoms. The van der Waals surface area contributed by atoms with Crippen molar-refractivity contribution in [2.45, 2.75) is 13.1 Å². The van der Waals surface area contributed by atoms with Crippen LogP contribution in [0.25, 0.3) is 0 Å². The van der Waals surface area contributed by atoms with Crippen molar-refractivity contribution in [3.63, 3.8) is 0 Å². The molecule has 26 heavy (non-hydrogen) atoms. The lowest BCUT2D eigenvalue weighted by Crippen LogP contribution is -2.37. The quantitative estimate of drug-likeness (QED) is 0.667. The molecule has 3 N–H and O–H groups in total. The van der Waals surface area contributed by atoms with E-state index in [9.17, 15) is 9.59 Å². The number of nitrogens with one attached hydrogen (secondary N) is 1. The lowest BCUT2D eigenvalue weighted by molar-refractivity contribution is 0.725. The van der Waals surface area contributed by atoms with Gasteiger partial charge in [-0.15, -0.1) is 0 Å². The van der Waals surface area contributed by atoms with Crippen molar-refractivity contribution in [3.05, 3.63) is 85.8 Å². The molecule has 0 saturated heterocycles. The fourth-order valence-electron chi connectivity index (χ4n) is 2.74. The second-order valence-corrected chi connectivity index (χ2v) is 6.23. The highest BCUT2D eigenvalue weighted by atomic mass is 35.5. The molecule has 0 radical (unpaired) electrons. The number of benzene rings is 1. The first-order chi connectivity index (χ1) is 12.5. The van der Waals surface area contributed by atoms with Crippen molar-refractivity contribution in [1.29, 1.82) is 0 Å². The average Bonchev–Trinajstić information content (AvgIpc) is 2.61. The Hall–Kier alpha value is -3.06. The van der Waals surface area contributed by atoms with Gasteiger partial charge in [0.1, 0.15) is 16.7 Å². The summed E-state index contributed by atoms with van der Waals surface area (Å²) in [5.41, 5.74) is 6.94. The van der Waals surface area contributed by atoms with Crippen LogP contribution in [0.2, 0.25) is 5.15 Å². The zero-order chi connectivity index (χ0) is 18.7. The number of nitrogens with two attached hydrogens (primary N) is 1. The number of rotatable bonds is 5. The highest BCUT2D eigenvalue weighted by molar-refractivity contribution is 6.30. The van der Waals surface area contributed by atoms with Gasteiger partial charge >= 0.3 is 5.69 Å². The zero-order valence-corrected chi connectivity index (χ0v) is 14.9. The number of anilines is 2. The van der Waals surface area contributed by atoms with Crippen molar-refractivity contribution < 1.29 is 0 Å². The number of nitrogen functional groups attached to an aromatic ring is 1. The van der Waals surface area contributed by atoms with Gasteiger partial charge in [0.05, 0.1) is 6.54 Å². The number of halogens is 1. The molecule has 0 aliphatic rings. The third kappa shape index (κ3) is 3.62. The maximum atomic E-state index is 12.3. The van der Waals surface area contributed by atoms with Crippen molar-refractivity contribution in [2.75, 3.05) is 17.7 Å². The van der Waals surface area contributed by atoms with E-state index in [1.165, 1.54) is 4.57 Å². The monoisotopic (exact) mass is 371 g/mol. The number of hydrogen-bond donors (Lipinski definition) is 2. The van der Waals surface area contributed by atoms with E-state index in [4.69, 9.17) is 17.3 Å². The van der Waals surface area contributed by atoms with Crippen molar-refractivity contribution in [2.24, 2.45) is 0 Å². The van der Waals surface area contributed by atoms with Crippen LogP contribution in [0.4, 0.5) is 11.5 Å². The van der Waals surface area contributed by atoms with Gasteiger partial charge in [0.2, 0.25) is 0 Å². The molecule has 3 rings (SSSR count). The number of hydrogen-bond acceptors (Lipinski definition) is 5. The van der Waals surface area contributed by atoms with Crippen LogP contribution in [-0.2, 0) is 13.1 Å². The number of nitrogens with zero attached hydrogens (tertiary/aromatic N) is 3. The maximum absolute atomic E-state index is 12.3. The van der Waals surface area contributed by atoms with Gasteiger partial charge in [-0.1, -0.05) is 48.0 Å². The Morgan fingerprint density at radius 3 is 2.62 bits per heavy atom. The lowest BCUT2D eigenvalue weighted by Gasteiger charge is -2.22. The molecular formula is C18H18ClN5O2. The summed E-state index contributed by atoms with van der Waals surface area (Å²) in [4.78, 5) is 32.6. The number of H-pyrrole nitrogens is 1. The van der Waals surface area contributed by atoms with E-state index in [0.29, 0.717) is 11.7 Å². The van der Waals surface area contributed by atoms with Gasteiger partial charge in [0.15, 0.2) is 0 Å². The first-order valence-corrected chi connectivity index (χ1v) is 8.32. The van der Waals surface area contributed by atoms with Crippen LogP contribution in [0, 0.1) is 0 Å². The van der Waals surface area contributed by atoms with Crippen LogP contribution in [0.15, 0.2) is 58.3 Å².